The van der Waals surface area contributed by atoms with E-state index in [0.29, 0.717) is 18.7 Å². The minimum atomic E-state index is -1.03. The molecule has 6 heteroatoms. The molecule has 1 amide bonds. The molecule has 0 radical (unpaired) electrons. The molecule has 23 heavy (non-hydrogen) atoms. The molecule has 0 spiro atoms. The Balaban J connectivity index is 1.73. The zero-order valence-electron chi connectivity index (χ0n) is 13.3. The third-order valence-corrected chi connectivity index (χ3v) is 3.72. The molecule has 1 aliphatic heterocycles. The minimum absolute atomic E-state index is 0.123. The zero-order valence-corrected chi connectivity index (χ0v) is 13.3. The number of carbonyl (C=O) groups excluding carboxylic acids is 1. The van der Waals surface area contributed by atoms with Crippen molar-refractivity contribution >= 4 is 11.9 Å². The van der Waals surface area contributed by atoms with Crippen molar-refractivity contribution in [2.45, 2.75) is 32.3 Å². The number of rotatable bonds is 7. The summed E-state index contributed by atoms with van der Waals surface area (Å²) in [5, 5.41) is 11.8. The van der Waals surface area contributed by atoms with Crippen LogP contribution in [0.5, 0.6) is 0 Å². The number of carboxylic acid groups (broad SMARTS) is 1. The second-order valence-corrected chi connectivity index (χ2v) is 5.68. The molecule has 1 saturated heterocycles. The fraction of sp³-hybridized carbons (Fsp3) is 0.529. The predicted molar refractivity (Wildman–Crippen MR) is 84.9 cm³/mol. The normalized spacial score (nSPS) is 15.3. The molecule has 0 unspecified atom stereocenters. The van der Waals surface area contributed by atoms with Gasteiger partial charge in [-0.15, -0.1) is 0 Å². The number of hydrogen-bond donors (Lipinski definition) is 2. The average Bonchev–Trinajstić information content (AvgIpc) is 2.54. The van der Waals surface area contributed by atoms with Gasteiger partial charge in [-0.3, -0.25) is 4.79 Å². The van der Waals surface area contributed by atoms with E-state index in [1.807, 2.05) is 0 Å². The Hall–Kier alpha value is -1.92. The van der Waals surface area contributed by atoms with Gasteiger partial charge in [0, 0.05) is 31.9 Å². The quantitative estimate of drug-likeness (QED) is 0.750. The zero-order chi connectivity index (χ0) is 16.7. The summed E-state index contributed by atoms with van der Waals surface area (Å²) >= 11 is 0. The topological polar surface area (TPSA) is 84.9 Å². The van der Waals surface area contributed by atoms with E-state index < -0.39 is 5.97 Å². The van der Waals surface area contributed by atoms with Crippen LogP contribution in [0.15, 0.2) is 18.2 Å². The van der Waals surface area contributed by atoms with Crippen LogP contribution < -0.4 is 5.32 Å². The van der Waals surface area contributed by atoms with Gasteiger partial charge in [-0.1, -0.05) is 0 Å². The summed E-state index contributed by atoms with van der Waals surface area (Å²) in [7, 11) is 0. The van der Waals surface area contributed by atoms with Crippen molar-refractivity contribution in [1.82, 2.24) is 5.32 Å². The molecule has 1 aliphatic rings. The van der Waals surface area contributed by atoms with Crippen molar-refractivity contribution in [3.8, 4) is 0 Å². The van der Waals surface area contributed by atoms with Crippen LogP contribution >= 0.6 is 0 Å². The molecule has 0 atom stereocenters. The number of benzene rings is 1. The highest BCUT2D eigenvalue weighted by Gasteiger charge is 2.14. The van der Waals surface area contributed by atoms with Crippen molar-refractivity contribution in [1.29, 1.82) is 0 Å². The van der Waals surface area contributed by atoms with Gasteiger partial charge < -0.3 is 19.9 Å². The Labute approximate surface area is 135 Å². The van der Waals surface area contributed by atoms with Crippen molar-refractivity contribution < 1.29 is 24.2 Å². The number of carboxylic acids is 1. The molecule has 6 nitrogen and oxygen atoms in total. The smallest absolute Gasteiger partial charge is 0.335 e. The van der Waals surface area contributed by atoms with Crippen LogP contribution in [0.2, 0.25) is 0 Å². The summed E-state index contributed by atoms with van der Waals surface area (Å²) in [6.45, 7) is 4.36. The number of hydrogen-bond acceptors (Lipinski definition) is 4. The van der Waals surface area contributed by atoms with Gasteiger partial charge in [0.15, 0.2) is 0 Å². The Morgan fingerprint density at radius 3 is 2.65 bits per heavy atom. The predicted octanol–water partition coefficient (Wildman–Crippen LogP) is 2.01. The van der Waals surface area contributed by atoms with Crippen LogP contribution in [0.1, 0.15) is 45.5 Å². The number of aryl methyl sites for hydroxylation is 1. The van der Waals surface area contributed by atoms with Crippen LogP contribution in [0, 0.1) is 6.92 Å². The molecule has 126 valence electrons. The Morgan fingerprint density at radius 2 is 1.96 bits per heavy atom. The molecule has 0 aliphatic carbocycles. The lowest BCUT2D eigenvalue weighted by Crippen LogP contribution is -2.27. The van der Waals surface area contributed by atoms with Crippen LogP contribution in [-0.2, 0) is 9.47 Å². The molecule has 2 N–H and O–H groups in total. The third kappa shape index (κ3) is 5.65. The maximum atomic E-state index is 12.1. The van der Waals surface area contributed by atoms with Gasteiger partial charge in [0.1, 0.15) is 0 Å². The molecule has 0 saturated carbocycles. The number of amides is 1. The summed E-state index contributed by atoms with van der Waals surface area (Å²) in [5.41, 5.74) is 1.24. The summed E-state index contributed by atoms with van der Waals surface area (Å²) in [5.74, 6) is -1.30. The van der Waals surface area contributed by atoms with Gasteiger partial charge in [0.2, 0.25) is 0 Å². The van der Waals surface area contributed by atoms with E-state index in [0.717, 1.165) is 38.0 Å². The maximum absolute atomic E-state index is 12.1. The van der Waals surface area contributed by atoms with Gasteiger partial charge in [0.25, 0.3) is 5.91 Å². The molecule has 1 aromatic rings. The van der Waals surface area contributed by atoms with Gasteiger partial charge >= 0.3 is 5.97 Å². The van der Waals surface area contributed by atoms with Gasteiger partial charge in [-0.25, -0.2) is 4.79 Å². The van der Waals surface area contributed by atoms with E-state index in [9.17, 15) is 9.59 Å². The number of ether oxygens (including phenoxy) is 2. The first-order valence-corrected chi connectivity index (χ1v) is 7.89. The molecule has 1 heterocycles. The standard InChI is InChI=1S/C17H23NO5/c1-12-9-13(11-14(10-12)17(20)21)16(19)18-5-2-6-23-15-3-7-22-8-4-15/h9-11,15H,2-8H2,1H3,(H,18,19)(H,20,21). The van der Waals surface area contributed by atoms with E-state index in [2.05, 4.69) is 5.32 Å². The highest BCUT2D eigenvalue weighted by molar-refractivity contribution is 5.97. The van der Waals surface area contributed by atoms with Crippen LogP contribution in [0.25, 0.3) is 0 Å². The van der Waals surface area contributed by atoms with E-state index in [1.165, 1.54) is 6.07 Å². The number of carbonyl (C=O) groups is 2. The first-order chi connectivity index (χ1) is 11.1. The molecular weight excluding hydrogens is 298 g/mol. The molecule has 1 fully saturated rings. The molecule has 1 aromatic carbocycles. The van der Waals surface area contributed by atoms with Crippen molar-refractivity contribution in [3.63, 3.8) is 0 Å². The largest absolute Gasteiger partial charge is 0.478 e. The van der Waals surface area contributed by atoms with Gasteiger partial charge in [-0.2, -0.15) is 0 Å². The fourth-order valence-electron chi connectivity index (χ4n) is 2.51. The van der Waals surface area contributed by atoms with E-state index in [4.69, 9.17) is 14.6 Å². The van der Waals surface area contributed by atoms with Crippen LogP contribution in [-0.4, -0.2) is 49.5 Å². The minimum Gasteiger partial charge on any atom is -0.478 e. The van der Waals surface area contributed by atoms with E-state index >= 15 is 0 Å². The maximum Gasteiger partial charge on any atom is 0.335 e. The summed E-state index contributed by atoms with van der Waals surface area (Å²) < 4.78 is 11.0. The van der Waals surface area contributed by atoms with Gasteiger partial charge in [-0.05, 0) is 49.9 Å². The van der Waals surface area contributed by atoms with Crippen molar-refractivity contribution in [2.24, 2.45) is 0 Å². The van der Waals surface area contributed by atoms with Crippen molar-refractivity contribution in [2.75, 3.05) is 26.4 Å². The Kier molecular flexibility index (Phi) is 6.55. The second kappa shape index (κ2) is 8.64. The lowest BCUT2D eigenvalue weighted by molar-refractivity contribution is -0.0321. The first kappa shape index (κ1) is 17.4. The van der Waals surface area contributed by atoms with E-state index in [-0.39, 0.29) is 17.6 Å². The van der Waals surface area contributed by atoms with E-state index in [1.54, 1.807) is 19.1 Å². The number of aromatic carboxylic acids is 1. The first-order valence-electron chi connectivity index (χ1n) is 7.89. The lowest BCUT2D eigenvalue weighted by Gasteiger charge is -2.22. The lowest BCUT2D eigenvalue weighted by atomic mass is 10.1. The van der Waals surface area contributed by atoms with Crippen molar-refractivity contribution in [3.05, 3.63) is 34.9 Å². The Morgan fingerprint density at radius 1 is 1.26 bits per heavy atom. The SMILES string of the molecule is Cc1cc(C(=O)O)cc(C(=O)NCCCOC2CCOCC2)c1. The second-order valence-electron chi connectivity index (χ2n) is 5.68. The average molecular weight is 321 g/mol. The fourth-order valence-corrected chi connectivity index (χ4v) is 2.51. The monoisotopic (exact) mass is 321 g/mol. The number of nitrogens with one attached hydrogen (secondary N) is 1. The van der Waals surface area contributed by atoms with Crippen LogP contribution in [0.3, 0.4) is 0 Å². The summed E-state index contributed by atoms with van der Waals surface area (Å²) in [4.78, 5) is 23.1. The molecular formula is C17H23NO5. The van der Waals surface area contributed by atoms with Gasteiger partial charge in [0.05, 0.1) is 11.7 Å². The third-order valence-electron chi connectivity index (χ3n) is 3.72. The molecule has 0 aromatic heterocycles. The summed E-state index contributed by atoms with van der Waals surface area (Å²) in [6, 6.07) is 4.62. The summed E-state index contributed by atoms with van der Waals surface area (Å²) in [6.07, 6.45) is 2.83. The molecule has 0 bridgehead atoms. The molecule has 2 rings (SSSR count). The Bertz CT molecular complexity index is 552. The van der Waals surface area contributed by atoms with Crippen LogP contribution in [0.4, 0.5) is 0 Å². The highest BCUT2D eigenvalue weighted by Crippen LogP contribution is 2.11. The highest BCUT2D eigenvalue weighted by atomic mass is 16.5.